The Morgan fingerprint density at radius 2 is 1.78 bits per heavy atom. The van der Waals surface area contributed by atoms with Gasteiger partial charge in [-0.05, 0) is 12.0 Å². The van der Waals surface area contributed by atoms with Crippen molar-refractivity contribution in [2.45, 2.75) is 33.2 Å². The van der Waals surface area contributed by atoms with Gasteiger partial charge in [0.25, 0.3) is 5.91 Å². The molecule has 128 valence electrons. The third-order valence-electron chi connectivity index (χ3n) is 3.98. The zero-order valence-corrected chi connectivity index (χ0v) is 14.9. The number of carbonyl (C=O) groups excluding carboxylic acids is 2. The van der Waals surface area contributed by atoms with Crippen molar-refractivity contribution in [3.8, 4) is 0 Å². The first kappa shape index (κ1) is 19.2. The molecule has 0 saturated carbocycles. The Kier molecular flexibility index (Phi) is 7.75. The molecular weight excluding hydrogens is 290 g/mol. The van der Waals surface area contributed by atoms with E-state index in [0.29, 0.717) is 12.5 Å². The lowest BCUT2D eigenvalue weighted by atomic mass is 9.95. The number of rotatable bonds is 8. The highest BCUT2D eigenvalue weighted by molar-refractivity contribution is 5.84. The summed E-state index contributed by atoms with van der Waals surface area (Å²) in [5.41, 5.74) is 2.55. The zero-order valence-electron chi connectivity index (χ0n) is 14.9. The number of carbonyl (C=O) groups is 2. The van der Waals surface area contributed by atoms with E-state index < -0.39 is 0 Å². The van der Waals surface area contributed by atoms with Gasteiger partial charge in [0.15, 0.2) is 6.54 Å². The fourth-order valence-electron chi connectivity index (χ4n) is 2.41. The fraction of sp³-hybridized carbons (Fsp3) is 0.556. The number of quaternary nitrogens is 1. The molecule has 1 aromatic carbocycles. The summed E-state index contributed by atoms with van der Waals surface area (Å²) >= 11 is 0. The molecule has 0 radical (unpaired) electrons. The molecule has 5 nitrogen and oxygen atoms in total. The summed E-state index contributed by atoms with van der Waals surface area (Å²) in [6.45, 7) is 6.82. The van der Waals surface area contributed by atoms with Crippen molar-refractivity contribution in [2.75, 3.05) is 27.2 Å². The number of nitrogens with zero attached hydrogens (tertiary/aromatic N) is 1. The minimum Gasteiger partial charge on any atom is -0.347 e. The maximum Gasteiger partial charge on any atom is 0.275 e. The number of hydrogen-bond donors (Lipinski definition) is 2. The van der Waals surface area contributed by atoms with Gasteiger partial charge in [0.2, 0.25) is 5.91 Å². The number of likely N-dealkylation sites (N-methyl/N-ethyl adjacent to an activating group) is 1. The molecule has 0 unspecified atom stereocenters. The van der Waals surface area contributed by atoms with Crippen molar-refractivity contribution in [2.24, 2.45) is 5.92 Å². The predicted octanol–water partition coefficient (Wildman–Crippen LogP) is 0.714. The monoisotopic (exact) mass is 320 g/mol. The van der Waals surface area contributed by atoms with E-state index in [-0.39, 0.29) is 24.4 Å². The van der Waals surface area contributed by atoms with Gasteiger partial charge >= 0.3 is 0 Å². The normalized spacial score (nSPS) is 12.1. The topological polar surface area (TPSA) is 66.0 Å². The summed E-state index contributed by atoms with van der Waals surface area (Å²) in [6.07, 6.45) is 1.03. The van der Waals surface area contributed by atoms with Crippen LogP contribution in [-0.2, 0) is 16.0 Å². The van der Waals surface area contributed by atoms with Crippen LogP contribution in [-0.4, -0.2) is 43.9 Å². The lowest BCUT2D eigenvalue weighted by molar-refractivity contribution is -0.692. The van der Waals surface area contributed by atoms with Gasteiger partial charge in [-0.15, -0.1) is 0 Å². The zero-order chi connectivity index (χ0) is 17.4. The molecule has 0 aliphatic heterocycles. The molecule has 0 aromatic heterocycles. The molecule has 5 heteroatoms. The van der Waals surface area contributed by atoms with Gasteiger partial charge in [0.1, 0.15) is 6.04 Å². The SMILES string of the molecule is CCc1ccc([C@H]([NH2+]CC(=O)NCC(=O)N(C)C)C(C)C)cc1. The number of benzene rings is 1. The lowest BCUT2D eigenvalue weighted by Crippen LogP contribution is -2.88. The van der Waals surface area contributed by atoms with Gasteiger partial charge in [0.05, 0.1) is 6.54 Å². The molecule has 1 atom stereocenters. The van der Waals surface area contributed by atoms with Crippen molar-refractivity contribution in [1.29, 1.82) is 0 Å². The average Bonchev–Trinajstić information content (AvgIpc) is 2.52. The van der Waals surface area contributed by atoms with Crippen LogP contribution in [0.3, 0.4) is 0 Å². The van der Waals surface area contributed by atoms with E-state index >= 15 is 0 Å². The van der Waals surface area contributed by atoms with E-state index in [4.69, 9.17) is 0 Å². The summed E-state index contributed by atoms with van der Waals surface area (Å²) in [5.74, 6) is 0.198. The number of hydrogen-bond acceptors (Lipinski definition) is 2. The van der Waals surface area contributed by atoms with Crippen LogP contribution in [0, 0.1) is 5.92 Å². The number of nitrogens with two attached hydrogens (primary N) is 1. The Bertz CT molecular complexity index is 510. The molecule has 0 fully saturated rings. The van der Waals surface area contributed by atoms with Gasteiger partial charge in [-0.2, -0.15) is 0 Å². The van der Waals surface area contributed by atoms with Crippen LogP contribution in [0.5, 0.6) is 0 Å². The molecule has 0 aliphatic carbocycles. The Hall–Kier alpha value is -1.88. The molecule has 0 saturated heterocycles. The Morgan fingerprint density at radius 3 is 2.26 bits per heavy atom. The summed E-state index contributed by atoms with van der Waals surface area (Å²) in [4.78, 5) is 24.9. The highest BCUT2D eigenvalue weighted by Crippen LogP contribution is 2.18. The first-order valence-corrected chi connectivity index (χ1v) is 8.24. The molecule has 0 bridgehead atoms. The summed E-state index contributed by atoms with van der Waals surface area (Å²) < 4.78 is 0. The first-order valence-electron chi connectivity index (χ1n) is 8.24. The lowest BCUT2D eigenvalue weighted by Gasteiger charge is -2.20. The Labute approximate surface area is 139 Å². The van der Waals surface area contributed by atoms with Crippen LogP contribution in [0.2, 0.25) is 0 Å². The van der Waals surface area contributed by atoms with E-state index in [1.54, 1.807) is 14.1 Å². The van der Waals surface area contributed by atoms with Crippen LogP contribution in [0.4, 0.5) is 0 Å². The molecule has 0 spiro atoms. The Balaban J connectivity index is 2.56. The van der Waals surface area contributed by atoms with Gasteiger partial charge in [0, 0.05) is 25.6 Å². The van der Waals surface area contributed by atoms with E-state index in [2.05, 4.69) is 50.4 Å². The third kappa shape index (κ3) is 6.40. The fourth-order valence-corrected chi connectivity index (χ4v) is 2.41. The molecule has 23 heavy (non-hydrogen) atoms. The van der Waals surface area contributed by atoms with Gasteiger partial charge < -0.3 is 15.5 Å². The quantitative estimate of drug-likeness (QED) is 0.741. The standard InChI is InChI=1S/C18H29N3O2/c1-6-14-7-9-15(10-8-14)18(13(2)3)20-11-16(22)19-12-17(23)21(4)5/h7-10,13,18,20H,6,11-12H2,1-5H3,(H,19,22)/p+1/t18-/m1/s1. The maximum absolute atomic E-state index is 11.9. The highest BCUT2D eigenvalue weighted by atomic mass is 16.2. The van der Waals surface area contributed by atoms with Crippen molar-refractivity contribution in [3.63, 3.8) is 0 Å². The summed E-state index contributed by atoms with van der Waals surface area (Å²) in [7, 11) is 3.35. The molecule has 1 aromatic rings. The van der Waals surface area contributed by atoms with Crippen molar-refractivity contribution in [3.05, 3.63) is 35.4 Å². The molecule has 0 heterocycles. The van der Waals surface area contributed by atoms with Crippen molar-refractivity contribution >= 4 is 11.8 Å². The van der Waals surface area contributed by atoms with E-state index in [1.807, 2.05) is 5.32 Å². The number of amides is 2. The van der Waals surface area contributed by atoms with Crippen molar-refractivity contribution < 1.29 is 14.9 Å². The van der Waals surface area contributed by atoms with E-state index in [0.717, 1.165) is 6.42 Å². The van der Waals surface area contributed by atoms with Gasteiger partial charge in [-0.25, -0.2) is 0 Å². The Morgan fingerprint density at radius 1 is 1.17 bits per heavy atom. The molecular formula is C18H30N3O2+. The molecule has 1 rings (SSSR count). The largest absolute Gasteiger partial charge is 0.347 e. The van der Waals surface area contributed by atoms with Crippen LogP contribution in [0.15, 0.2) is 24.3 Å². The minimum atomic E-state index is -0.115. The predicted molar refractivity (Wildman–Crippen MR) is 91.9 cm³/mol. The van der Waals surface area contributed by atoms with E-state index in [9.17, 15) is 9.59 Å². The van der Waals surface area contributed by atoms with Crippen LogP contribution in [0.25, 0.3) is 0 Å². The molecule has 2 amide bonds. The highest BCUT2D eigenvalue weighted by Gasteiger charge is 2.20. The molecule has 0 aliphatic rings. The first-order chi connectivity index (χ1) is 10.8. The summed E-state index contributed by atoms with van der Waals surface area (Å²) in [6, 6.07) is 8.82. The van der Waals surface area contributed by atoms with Crippen LogP contribution >= 0.6 is 0 Å². The third-order valence-corrected chi connectivity index (χ3v) is 3.98. The van der Waals surface area contributed by atoms with Crippen LogP contribution < -0.4 is 10.6 Å². The average molecular weight is 320 g/mol. The second kappa shape index (κ2) is 9.30. The minimum absolute atomic E-state index is 0.0528. The maximum atomic E-state index is 11.9. The van der Waals surface area contributed by atoms with Crippen molar-refractivity contribution in [1.82, 2.24) is 10.2 Å². The van der Waals surface area contributed by atoms with E-state index in [1.165, 1.54) is 16.0 Å². The second-order valence-corrected chi connectivity index (χ2v) is 6.37. The number of aryl methyl sites for hydroxylation is 1. The van der Waals surface area contributed by atoms with Gasteiger partial charge in [-0.3, -0.25) is 9.59 Å². The van der Waals surface area contributed by atoms with Gasteiger partial charge in [-0.1, -0.05) is 45.0 Å². The summed E-state index contributed by atoms with van der Waals surface area (Å²) in [5, 5.41) is 4.71. The smallest absolute Gasteiger partial charge is 0.275 e. The second-order valence-electron chi connectivity index (χ2n) is 6.37. The number of nitrogens with one attached hydrogen (secondary N) is 1. The van der Waals surface area contributed by atoms with Crippen LogP contribution in [0.1, 0.15) is 37.9 Å². The molecule has 3 N–H and O–H groups in total.